The van der Waals surface area contributed by atoms with E-state index in [4.69, 9.17) is 68.4 Å². The molecule has 0 aromatic heterocycles. The average molecular weight is 331 g/mol. The predicted molar refractivity (Wildman–Crippen MR) is 44.8 cm³/mol. The maximum Gasteiger partial charge on any atom is 2.00 e. The van der Waals surface area contributed by atoms with Crippen molar-refractivity contribution >= 4 is 0 Å². The minimum Gasteiger partial charge on any atom is -0.512 e. The molecular weight excluding hydrogens is 331 g/mol. The van der Waals surface area contributed by atoms with Crippen molar-refractivity contribution in [1.82, 2.24) is 0 Å². The summed E-state index contributed by atoms with van der Waals surface area (Å²) in [6, 6.07) is 5.12. The Morgan fingerprint density at radius 1 is 0.526 bits per heavy atom. The van der Waals surface area contributed by atoms with Gasteiger partial charge in [0.05, 0.1) is 0 Å². The zero-order chi connectivity index (χ0) is 15.3. The number of nitriles is 4. The van der Waals surface area contributed by atoms with Crippen LogP contribution >= 0.6 is 0 Å². The van der Waals surface area contributed by atoms with Gasteiger partial charge in [-0.3, -0.25) is 0 Å². The summed E-state index contributed by atoms with van der Waals surface area (Å²) in [6.45, 7) is 19.0. The van der Waals surface area contributed by atoms with Gasteiger partial charge in [-0.1, -0.05) is 0 Å². The van der Waals surface area contributed by atoms with Gasteiger partial charge in [0.2, 0.25) is 0 Å². The second-order valence-corrected chi connectivity index (χ2v) is 1.20. The first-order chi connectivity index (χ1) is 8.24. The summed E-state index contributed by atoms with van der Waals surface area (Å²) in [5, 5.41) is 57.2. The van der Waals surface area contributed by atoms with Crippen molar-refractivity contribution in [3.63, 3.8) is 0 Å². The summed E-state index contributed by atoms with van der Waals surface area (Å²) in [7, 11) is 0. The molecule has 0 fully saturated rings. The Bertz CT molecular complexity index is 337. The van der Waals surface area contributed by atoms with Crippen LogP contribution in [0.2, 0.25) is 0 Å². The number of nitrogens with zero attached hydrogens (tertiary/aromatic N) is 8. The van der Waals surface area contributed by atoms with E-state index in [1.54, 1.807) is 0 Å². The molecule has 19 heavy (non-hydrogen) atoms. The van der Waals surface area contributed by atoms with Crippen molar-refractivity contribution < 1.29 is 34.1 Å². The molecular formula is C9FeMnN8. The molecule has 0 aliphatic rings. The van der Waals surface area contributed by atoms with E-state index < -0.39 is 5.41 Å². The molecule has 0 aromatic rings. The first-order valence-electron chi connectivity index (χ1n) is 2.79. The predicted octanol–water partition coefficient (Wildman–Crippen LogP) is 0.448. The van der Waals surface area contributed by atoms with Gasteiger partial charge in [0.1, 0.15) is 24.3 Å². The topological polar surface area (TPSA) is 190 Å². The molecule has 0 aliphatic carbocycles. The third kappa shape index (κ3) is 31.3. The molecule has 0 bridgehead atoms. The minimum absolute atomic E-state index is 0. The van der Waals surface area contributed by atoms with Crippen LogP contribution in [-0.2, 0) is 34.1 Å². The van der Waals surface area contributed by atoms with Crippen LogP contribution in [0, 0.1) is 98.1 Å². The Hall–Kier alpha value is -3.04. The Morgan fingerprint density at radius 3 is 0.632 bits per heavy atom. The van der Waals surface area contributed by atoms with Crippen LogP contribution < -0.4 is 0 Å². The molecule has 0 heterocycles. The minimum atomic E-state index is -2.11. The van der Waals surface area contributed by atoms with Crippen molar-refractivity contribution in [1.29, 1.82) is 42.1 Å². The number of hydrogen-bond acceptors (Lipinski definition) is 8. The van der Waals surface area contributed by atoms with Crippen LogP contribution in [-0.4, -0.2) is 0 Å². The van der Waals surface area contributed by atoms with Gasteiger partial charge in [0.15, 0.2) is 0 Å². The van der Waals surface area contributed by atoms with Crippen molar-refractivity contribution in [2.75, 3.05) is 0 Å². The third-order valence-electron chi connectivity index (χ3n) is 0.671. The summed E-state index contributed by atoms with van der Waals surface area (Å²) in [5.41, 5.74) is -2.11. The van der Waals surface area contributed by atoms with E-state index in [-0.39, 0.29) is 34.1 Å². The molecule has 0 saturated carbocycles. The van der Waals surface area contributed by atoms with Crippen molar-refractivity contribution in [2.24, 2.45) is 5.41 Å². The van der Waals surface area contributed by atoms with Crippen molar-refractivity contribution in [2.45, 2.75) is 0 Å². The van der Waals surface area contributed by atoms with Crippen molar-refractivity contribution in [3.05, 3.63) is 26.3 Å². The zero-order valence-corrected chi connectivity index (χ0v) is 11.1. The van der Waals surface area contributed by atoms with E-state index in [0.717, 1.165) is 0 Å². The first-order valence-corrected chi connectivity index (χ1v) is 2.79. The van der Waals surface area contributed by atoms with Gasteiger partial charge in [0.25, 0.3) is 0 Å². The van der Waals surface area contributed by atoms with Crippen LogP contribution in [0.15, 0.2) is 0 Å². The van der Waals surface area contributed by atoms with E-state index in [2.05, 4.69) is 0 Å². The Kier molecular flexibility index (Phi) is 141. The summed E-state index contributed by atoms with van der Waals surface area (Å²) in [5.74, 6) is 0. The largest absolute Gasteiger partial charge is 2.00 e. The molecule has 0 aromatic carbocycles. The van der Waals surface area contributed by atoms with Gasteiger partial charge < -0.3 is 47.3 Å². The van der Waals surface area contributed by atoms with E-state index >= 15 is 0 Å². The van der Waals surface area contributed by atoms with Gasteiger partial charge in [-0.15, -0.1) is 0 Å². The molecule has 1 radical (unpaired) electrons. The second kappa shape index (κ2) is 60.2. The Balaban J connectivity index is -0.0000000248. The summed E-state index contributed by atoms with van der Waals surface area (Å²) in [4.78, 5) is 0. The van der Waals surface area contributed by atoms with E-state index in [1.165, 1.54) is 24.3 Å². The second-order valence-electron chi connectivity index (χ2n) is 1.20. The Labute approximate surface area is 132 Å². The SMILES string of the molecule is N#CC(C#N)(C#N)C#N.[C-]#N.[C-]#N.[C-]#N.[C-]#N.[Fe+2].[Mn+2]. The molecule has 0 saturated heterocycles. The van der Waals surface area contributed by atoms with Crippen LogP contribution in [0.1, 0.15) is 0 Å². The standard InChI is InChI=1S/C5N4.4CN.Fe.Mn/c6-1-5(2-7,3-8)4-9;4*1-2;;/q;4*-1;2*+2. The fourth-order valence-electron chi connectivity index (χ4n) is 0.150. The quantitative estimate of drug-likeness (QED) is 0.451. The van der Waals surface area contributed by atoms with E-state index in [9.17, 15) is 0 Å². The van der Waals surface area contributed by atoms with Crippen LogP contribution in [0.3, 0.4) is 0 Å². The smallest absolute Gasteiger partial charge is 0.512 e. The van der Waals surface area contributed by atoms with E-state index in [0.29, 0.717) is 0 Å². The molecule has 0 unspecified atom stereocenters. The summed E-state index contributed by atoms with van der Waals surface area (Å²) in [6.07, 6.45) is 0. The summed E-state index contributed by atoms with van der Waals surface area (Å²) < 4.78 is 0. The van der Waals surface area contributed by atoms with Crippen molar-refractivity contribution in [3.8, 4) is 24.3 Å². The van der Waals surface area contributed by atoms with Gasteiger partial charge in [0, 0.05) is 0 Å². The van der Waals surface area contributed by atoms with E-state index in [1.807, 2.05) is 0 Å². The molecule has 0 aliphatic heterocycles. The molecule has 91 valence electrons. The molecule has 0 spiro atoms. The number of rotatable bonds is 0. The fourth-order valence-corrected chi connectivity index (χ4v) is 0.150. The van der Waals surface area contributed by atoms with Crippen LogP contribution in [0.4, 0.5) is 0 Å². The molecule has 10 heteroatoms. The van der Waals surface area contributed by atoms with Gasteiger partial charge in [-0.2, -0.15) is 21.0 Å². The molecule has 0 atom stereocenters. The van der Waals surface area contributed by atoms with Crippen LogP contribution in [0.5, 0.6) is 0 Å². The third-order valence-corrected chi connectivity index (χ3v) is 0.671. The van der Waals surface area contributed by atoms with Gasteiger partial charge in [-0.05, 0) is 0 Å². The van der Waals surface area contributed by atoms with Crippen LogP contribution in [0.25, 0.3) is 0 Å². The molecule has 0 rings (SSSR count). The molecule has 0 N–H and O–H groups in total. The normalized spacial score (nSPS) is 4.00. The zero-order valence-electron chi connectivity index (χ0n) is 8.81. The first kappa shape index (κ1) is 44.5. The monoisotopic (exact) mass is 331 g/mol. The Morgan fingerprint density at radius 2 is 0.632 bits per heavy atom. The van der Waals surface area contributed by atoms with Gasteiger partial charge in [-0.25, -0.2) is 0 Å². The maximum absolute atomic E-state index is 8.06. The number of hydrogen-bond donors (Lipinski definition) is 0. The summed E-state index contributed by atoms with van der Waals surface area (Å²) >= 11 is 0. The molecule has 0 amide bonds. The maximum atomic E-state index is 8.06. The molecule has 8 nitrogen and oxygen atoms in total. The van der Waals surface area contributed by atoms with Gasteiger partial charge >= 0.3 is 39.6 Å². The average Bonchev–Trinajstić information content (AvgIpc) is 2.50. The fraction of sp³-hybridized carbons (Fsp3) is 0.111.